The Morgan fingerprint density at radius 1 is 1.00 bits per heavy atom. The zero-order chi connectivity index (χ0) is 21.1. The van der Waals surface area contributed by atoms with Gasteiger partial charge in [-0.25, -0.2) is 0 Å². The molecule has 0 unspecified atom stereocenters. The van der Waals surface area contributed by atoms with Gasteiger partial charge in [-0.3, -0.25) is 0 Å². The van der Waals surface area contributed by atoms with Crippen molar-refractivity contribution in [1.82, 2.24) is 0 Å². The second-order valence-electron chi connectivity index (χ2n) is 6.86. The van der Waals surface area contributed by atoms with Crippen LogP contribution in [0, 0.1) is 20.8 Å². The van der Waals surface area contributed by atoms with Gasteiger partial charge in [0.2, 0.25) is 5.70 Å². The third-order valence-corrected chi connectivity index (χ3v) is 5.30. The number of aromatic nitrogens is 1. The van der Waals surface area contributed by atoms with E-state index in [2.05, 4.69) is 11.4 Å². The topological polar surface area (TPSA) is 39.0 Å². The Labute approximate surface area is 186 Å². The molecule has 0 amide bonds. The first-order valence-corrected chi connectivity index (χ1v) is 10.2. The lowest BCUT2D eigenvalue weighted by molar-refractivity contribution is -0.578. The van der Waals surface area contributed by atoms with Crippen molar-refractivity contribution < 1.29 is 9.67 Å². The van der Waals surface area contributed by atoms with E-state index >= 15 is 0 Å². The number of hydrogen-bond acceptors (Lipinski definition) is 2. The largest absolute Gasteiger partial charge is 0.867 e. The van der Waals surface area contributed by atoms with Gasteiger partial charge in [-0.05, 0) is 68.0 Å². The number of anilines is 1. The number of hydrogen-bond donors (Lipinski definition) is 1. The number of rotatable bonds is 4. The molecule has 0 saturated heterocycles. The van der Waals surface area contributed by atoms with E-state index in [0.717, 1.165) is 22.4 Å². The predicted molar refractivity (Wildman–Crippen MR) is 123 cm³/mol. The smallest absolute Gasteiger partial charge is 0.238 e. The van der Waals surface area contributed by atoms with E-state index in [-0.39, 0.29) is 5.76 Å². The van der Waals surface area contributed by atoms with Gasteiger partial charge in [0.05, 0.1) is 0 Å². The van der Waals surface area contributed by atoms with Crippen molar-refractivity contribution >= 4 is 57.6 Å². The van der Waals surface area contributed by atoms with E-state index in [1.807, 2.05) is 51.2 Å². The minimum Gasteiger partial charge on any atom is -0.867 e. The number of thiocarbonyl (C=S) groups is 1. The molecule has 148 valence electrons. The second kappa shape index (κ2) is 8.95. The van der Waals surface area contributed by atoms with Crippen LogP contribution in [-0.4, -0.2) is 4.99 Å². The molecule has 0 atom stereocenters. The van der Waals surface area contributed by atoms with E-state index in [9.17, 15) is 5.11 Å². The molecule has 2 aromatic carbocycles. The third kappa shape index (κ3) is 4.96. The summed E-state index contributed by atoms with van der Waals surface area (Å²) in [6.45, 7) is 5.97. The van der Waals surface area contributed by atoms with Crippen molar-refractivity contribution in [2.75, 3.05) is 5.32 Å². The Kier molecular flexibility index (Phi) is 6.58. The Bertz CT molecular complexity index is 1130. The highest BCUT2D eigenvalue weighted by molar-refractivity contribution is 7.81. The molecule has 0 saturated carbocycles. The summed E-state index contributed by atoms with van der Waals surface area (Å²) in [6, 6.07) is 14.6. The lowest BCUT2D eigenvalue weighted by Crippen LogP contribution is -2.40. The standard InChI is InChI=1S/C23H20Cl2N2OS/c1-14-6-9-20(16(3)11-14)26-23(29)21(27-10-4-5-15(2)13-27)22(28)18-12-17(24)7-8-19(18)25/h4-13H,1-3H3,(H-,26,28,29). The first-order chi connectivity index (χ1) is 13.8. The van der Waals surface area contributed by atoms with Crippen LogP contribution in [-0.2, 0) is 0 Å². The van der Waals surface area contributed by atoms with Gasteiger partial charge in [-0.15, -0.1) is 0 Å². The summed E-state index contributed by atoms with van der Waals surface area (Å²) in [4.78, 5) is 0.300. The Morgan fingerprint density at radius 3 is 2.45 bits per heavy atom. The minimum atomic E-state index is -0.310. The highest BCUT2D eigenvalue weighted by atomic mass is 35.5. The van der Waals surface area contributed by atoms with E-state index in [1.54, 1.807) is 29.0 Å². The zero-order valence-electron chi connectivity index (χ0n) is 16.3. The Balaban J connectivity index is 2.15. The summed E-state index contributed by atoms with van der Waals surface area (Å²) in [6.07, 6.45) is 3.64. The van der Waals surface area contributed by atoms with E-state index < -0.39 is 0 Å². The third-order valence-electron chi connectivity index (χ3n) is 4.44. The monoisotopic (exact) mass is 442 g/mol. The highest BCUT2D eigenvalue weighted by Crippen LogP contribution is 2.27. The lowest BCUT2D eigenvalue weighted by atomic mass is 10.1. The number of benzene rings is 2. The second-order valence-corrected chi connectivity index (χ2v) is 8.11. The first kappa shape index (κ1) is 21.3. The van der Waals surface area contributed by atoms with Gasteiger partial charge in [0.15, 0.2) is 17.4 Å². The molecule has 3 nitrogen and oxygen atoms in total. The summed E-state index contributed by atoms with van der Waals surface area (Å²) in [5, 5.41) is 17.4. The molecule has 1 aromatic heterocycles. The summed E-state index contributed by atoms with van der Waals surface area (Å²) in [5.41, 5.74) is 4.62. The first-order valence-electron chi connectivity index (χ1n) is 9.00. The average molecular weight is 443 g/mol. The maximum Gasteiger partial charge on any atom is 0.238 e. The van der Waals surface area contributed by atoms with Gasteiger partial charge >= 0.3 is 0 Å². The average Bonchev–Trinajstić information content (AvgIpc) is 2.66. The van der Waals surface area contributed by atoms with Crippen LogP contribution < -0.4 is 15.0 Å². The number of nitrogens with one attached hydrogen (secondary N) is 1. The fraction of sp³-hybridized carbons (Fsp3) is 0.130. The van der Waals surface area contributed by atoms with Gasteiger partial charge < -0.3 is 10.4 Å². The summed E-state index contributed by atoms with van der Waals surface area (Å²) in [7, 11) is 0. The molecular weight excluding hydrogens is 423 g/mol. The maximum absolute atomic E-state index is 13.5. The number of pyridine rings is 1. The summed E-state index contributed by atoms with van der Waals surface area (Å²) >= 11 is 18.1. The van der Waals surface area contributed by atoms with Crippen molar-refractivity contribution in [2.24, 2.45) is 0 Å². The molecule has 0 fully saturated rings. The van der Waals surface area contributed by atoms with Crippen LogP contribution >= 0.6 is 35.4 Å². The van der Waals surface area contributed by atoms with Gasteiger partial charge in [-0.1, -0.05) is 53.1 Å². The number of nitrogens with zero attached hydrogens (tertiary/aromatic N) is 1. The van der Waals surface area contributed by atoms with Crippen LogP contribution in [0.4, 0.5) is 5.69 Å². The highest BCUT2D eigenvalue weighted by Gasteiger charge is 2.21. The molecule has 0 aliphatic rings. The maximum atomic E-state index is 13.5. The van der Waals surface area contributed by atoms with Crippen molar-refractivity contribution in [3.05, 3.63) is 93.2 Å². The van der Waals surface area contributed by atoms with Gasteiger partial charge in [-0.2, -0.15) is 4.57 Å². The van der Waals surface area contributed by atoms with Crippen molar-refractivity contribution in [3.8, 4) is 0 Å². The molecule has 3 rings (SSSR count). The zero-order valence-corrected chi connectivity index (χ0v) is 18.6. The molecule has 0 aliphatic carbocycles. The summed E-state index contributed by atoms with van der Waals surface area (Å²) < 4.78 is 1.72. The van der Waals surface area contributed by atoms with E-state index in [0.29, 0.717) is 26.3 Å². The molecular formula is C23H20Cl2N2OS. The molecule has 0 radical (unpaired) electrons. The number of halogens is 2. The molecule has 0 aliphatic heterocycles. The van der Waals surface area contributed by atoms with Gasteiger partial charge in [0, 0.05) is 27.4 Å². The molecule has 0 spiro atoms. The van der Waals surface area contributed by atoms with Crippen molar-refractivity contribution in [3.63, 3.8) is 0 Å². The summed E-state index contributed by atoms with van der Waals surface area (Å²) in [5.74, 6) is -0.310. The lowest BCUT2D eigenvalue weighted by Gasteiger charge is -2.19. The molecule has 1 heterocycles. The Morgan fingerprint density at radius 2 is 1.76 bits per heavy atom. The minimum absolute atomic E-state index is 0.299. The molecule has 29 heavy (non-hydrogen) atoms. The molecule has 0 bridgehead atoms. The van der Waals surface area contributed by atoms with E-state index in [4.69, 9.17) is 35.4 Å². The quantitative estimate of drug-likeness (QED) is 0.256. The fourth-order valence-corrected chi connectivity index (χ4v) is 3.69. The van der Waals surface area contributed by atoms with Crippen molar-refractivity contribution in [2.45, 2.75) is 20.8 Å². The van der Waals surface area contributed by atoms with Gasteiger partial charge in [0.25, 0.3) is 0 Å². The van der Waals surface area contributed by atoms with Gasteiger partial charge in [0.1, 0.15) is 0 Å². The van der Waals surface area contributed by atoms with Crippen molar-refractivity contribution in [1.29, 1.82) is 0 Å². The van der Waals surface area contributed by atoms with Crippen LogP contribution in [0.25, 0.3) is 11.5 Å². The van der Waals surface area contributed by atoms with Crippen LogP contribution in [0.2, 0.25) is 10.0 Å². The Hall–Kier alpha value is -2.40. The van der Waals surface area contributed by atoms with Crippen LogP contribution in [0.1, 0.15) is 22.3 Å². The fourth-order valence-electron chi connectivity index (χ4n) is 3.00. The van der Waals surface area contributed by atoms with Crippen LogP contribution in [0.3, 0.4) is 0 Å². The van der Waals surface area contributed by atoms with Crippen LogP contribution in [0.5, 0.6) is 0 Å². The van der Waals surface area contributed by atoms with E-state index in [1.165, 1.54) is 0 Å². The number of aryl methyl sites for hydroxylation is 3. The molecule has 3 aromatic rings. The SMILES string of the molecule is Cc1ccc(NC(=S)/C(=C(\[O-])c2cc(Cl)ccc2Cl)[n+]2cccc(C)c2)c(C)c1. The normalized spacial score (nSPS) is 11.8. The molecule has 1 N–H and O–H groups in total. The van der Waals surface area contributed by atoms with Crippen LogP contribution in [0.15, 0.2) is 60.9 Å². The predicted octanol–water partition coefficient (Wildman–Crippen LogP) is 5.33. The molecule has 6 heteroatoms.